The van der Waals surface area contributed by atoms with Gasteiger partial charge < -0.3 is 19.4 Å². The summed E-state index contributed by atoms with van der Waals surface area (Å²) in [6, 6.07) is 12.2. The first-order valence-electron chi connectivity index (χ1n) is 11.8. The zero-order valence-electron chi connectivity index (χ0n) is 20.6. The minimum atomic E-state index is -0.335. The molecule has 2 aromatic carbocycles. The van der Waals surface area contributed by atoms with Crippen molar-refractivity contribution >= 4 is 28.6 Å². The lowest BCUT2D eigenvalue weighted by atomic mass is 9.75. The summed E-state index contributed by atoms with van der Waals surface area (Å²) in [7, 11) is 1.41. The van der Waals surface area contributed by atoms with Crippen LogP contribution in [0.15, 0.2) is 36.4 Å². The summed E-state index contributed by atoms with van der Waals surface area (Å²) in [6.45, 7) is 10.7. The highest BCUT2D eigenvalue weighted by Gasteiger charge is 2.31. The zero-order chi connectivity index (χ0) is 23.8. The Morgan fingerprint density at radius 2 is 1.94 bits per heavy atom. The molecule has 1 saturated carbocycles. The third-order valence-corrected chi connectivity index (χ3v) is 6.47. The summed E-state index contributed by atoms with van der Waals surface area (Å²) in [5.74, 6) is 1.31. The van der Waals surface area contributed by atoms with Crippen molar-refractivity contribution in [2.75, 3.05) is 12.4 Å². The van der Waals surface area contributed by atoms with Crippen LogP contribution in [0.4, 0.5) is 11.6 Å². The molecule has 1 aliphatic carbocycles. The van der Waals surface area contributed by atoms with Crippen LogP contribution in [0.1, 0.15) is 75.3 Å². The van der Waals surface area contributed by atoms with Crippen molar-refractivity contribution in [3.8, 4) is 5.75 Å². The van der Waals surface area contributed by atoms with Gasteiger partial charge in [-0.3, -0.25) is 0 Å². The Balaban J connectivity index is 1.77. The zero-order valence-corrected chi connectivity index (χ0v) is 20.6. The molecule has 0 aliphatic heterocycles. The van der Waals surface area contributed by atoms with E-state index in [1.807, 2.05) is 51.1 Å². The van der Waals surface area contributed by atoms with Gasteiger partial charge >= 0.3 is 5.97 Å². The Hall–Kier alpha value is -3.02. The summed E-state index contributed by atoms with van der Waals surface area (Å²) in [4.78, 5) is 17.2. The standard InChI is InChI=1S/C27H35N3O3/c1-17(2)33-21-11-9-19(10-12-21)28-26-29-23-15-22(25(31)32-6)18(3)14-24(23)30(26)20-8-7-13-27(4,5)16-20/h9-12,14-15,17,20H,7-8,13,16H2,1-6H3,(H,28,29). The summed E-state index contributed by atoms with van der Waals surface area (Å²) in [6.07, 6.45) is 4.77. The quantitative estimate of drug-likeness (QED) is 0.419. The van der Waals surface area contributed by atoms with Crippen molar-refractivity contribution < 1.29 is 14.3 Å². The molecule has 176 valence electrons. The maximum Gasteiger partial charge on any atom is 0.338 e. The van der Waals surface area contributed by atoms with Crippen molar-refractivity contribution in [1.29, 1.82) is 0 Å². The van der Waals surface area contributed by atoms with Crippen molar-refractivity contribution in [2.45, 2.75) is 72.4 Å². The highest BCUT2D eigenvalue weighted by Crippen LogP contribution is 2.44. The van der Waals surface area contributed by atoms with Crippen molar-refractivity contribution in [1.82, 2.24) is 9.55 Å². The average Bonchev–Trinajstić information content (AvgIpc) is 3.09. The maximum absolute atomic E-state index is 12.3. The number of anilines is 2. The Bertz CT molecular complexity index is 1150. The van der Waals surface area contributed by atoms with Gasteiger partial charge in [0.15, 0.2) is 0 Å². The summed E-state index contributed by atoms with van der Waals surface area (Å²) in [5, 5.41) is 3.53. The van der Waals surface area contributed by atoms with Crippen LogP contribution in [0.3, 0.4) is 0 Å². The van der Waals surface area contributed by atoms with E-state index in [2.05, 4.69) is 29.8 Å². The predicted molar refractivity (Wildman–Crippen MR) is 133 cm³/mol. The van der Waals surface area contributed by atoms with E-state index >= 15 is 0 Å². The lowest BCUT2D eigenvalue weighted by Crippen LogP contribution is -2.25. The fourth-order valence-electron chi connectivity index (χ4n) is 4.93. The van der Waals surface area contributed by atoms with Crippen LogP contribution in [-0.2, 0) is 4.74 Å². The number of hydrogen-bond acceptors (Lipinski definition) is 5. The number of rotatable bonds is 6. The van der Waals surface area contributed by atoms with Gasteiger partial charge in [0.05, 0.1) is 29.8 Å². The number of carbonyl (C=O) groups is 1. The number of hydrogen-bond donors (Lipinski definition) is 1. The lowest BCUT2D eigenvalue weighted by molar-refractivity contribution is 0.0600. The third kappa shape index (κ3) is 5.00. The number of aryl methyl sites for hydroxylation is 1. The van der Waals surface area contributed by atoms with Gasteiger partial charge in [-0.1, -0.05) is 20.3 Å². The first-order valence-corrected chi connectivity index (χ1v) is 11.8. The molecular weight excluding hydrogens is 414 g/mol. The second kappa shape index (κ2) is 9.08. The molecule has 6 nitrogen and oxygen atoms in total. The third-order valence-electron chi connectivity index (χ3n) is 6.47. The fraction of sp³-hybridized carbons (Fsp3) is 0.481. The van der Waals surface area contributed by atoms with E-state index in [0.29, 0.717) is 11.6 Å². The Kier molecular flexibility index (Phi) is 6.37. The van der Waals surface area contributed by atoms with E-state index in [4.69, 9.17) is 14.5 Å². The van der Waals surface area contributed by atoms with Crippen LogP contribution in [0.5, 0.6) is 5.75 Å². The molecule has 0 bridgehead atoms. The molecule has 1 aromatic heterocycles. The molecule has 1 atom stereocenters. The van der Waals surface area contributed by atoms with Gasteiger partial charge in [0.1, 0.15) is 5.75 Å². The fourth-order valence-corrected chi connectivity index (χ4v) is 4.93. The molecule has 0 radical (unpaired) electrons. The van der Waals surface area contributed by atoms with Crippen LogP contribution in [0, 0.1) is 12.3 Å². The number of benzene rings is 2. The van der Waals surface area contributed by atoms with Crippen LogP contribution in [0.25, 0.3) is 11.0 Å². The van der Waals surface area contributed by atoms with E-state index in [1.54, 1.807) is 0 Å². The Labute approximate surface area is 196 Å². The van der Waals surface area contributed by atoms with Crippen molar-refractivity contribution in [3.63, 3.8) is 0 Å². The number of carbonyl (C=O) groups excluding carboxylic acids is 1. The summed E-state index contributed by atoms with van der Waals surface area (Å²) >= 11 is 0. The smallest absolute Gasteiger partial charge is 0.338 e. The largest absolute Gasteiger partial charge is 0.491 e. The van der Waals surface area contributed by atoms with Crippen LogP contribution >= 0.6 is 0 Å². The van der Waals surface area contributed by atoms with Crippen LogP contribution in [-0.4, -0.2) is 28.7 Å². The maximum atomic E-state index is 12.3. The highest BCUT2D eigenvalue weighted by molar-refractivity contribution is 5.96. The minimum absolute atomic E-state index is 0.134. The number of nitrogens with one attached hydrogen (secondary N) is 1. The molecule has 4 rings (SSSR count). The Morgan fingerprint density at radius 1 is 1.21 bits per heavy atom. The molecule has 1 aliphatic rings. The molecule has 33 heavy (non-hydrogen) atoms. The molecular formula is C27H35N3O3. The second-order valence-electron chi connectivity index (χ2n) is 10.2. The van der Waals surface area contributed by atoms with Gasteiger partial charge in [-0.25, -0.2) is 9.78 Å². The van der Waals surface area contributed by atoms with E-state index in [0.717, 1.165) is 46.8 Å². The van der Waals surface area contributed by atoms with Gasteiger partial charge in [-0.15, -0.1) is 0 Å². The monoisotopic (exact) mass is 449 g/mol. The highest BCUT2D eigenvalue weighted by atomic mass is 16.5. The molecule has 6 heteroatoms. The number of imidazole rings is 1. The van der Waals surface area contributed by atoms with Crippen LogP contribution in [0.2, 0.25) is 0 Å². The number of aromatic nitrogens is 2. The summed E-state index contributed by atoms with van der Waals surface area (Å²) in [5.41, 5.74) is 4.53. The van der Waals surface area contributed by atoms with Gasteiger partial charge in [-0.05, 0) is 87.4 Å². The first-order chi connectivity index (χ1) is 15.7. The van der Waals surface area contributed by atoms with Gasteiger partial charge in [0.2, 0.25) is 5.95 Å². The summed E-state index contributed by atoms with van der Waals surface area (Å²) < 4.78 is 13.1. The second-order valence-corrected chi connectivity index (χ2v) is 10.2. The number of nitrogens with zero attached hydrogens (tertiary/aromatic N) is 2. The molecule has 1 unspecified atom stereocenters. The molecule has 0 saturated heterocycles. The number of esters is 1. The van der Waals surface area contributed by atoms with E-state index in [9.17, 15) is 4.79 Å². The first kappa shape index (κ1) is 23.1. The average molecular weight is 450 g/mol. The van der Waals surface area contributed by atoms with Gasteiger partial charge in [-0.2, -0.15) is 0 Å². The van der Waals surface area contributed by atoms with E-state index in [-0.39, 0.29) is 17.5 Å². The molecule has 1 heterocycles. The van der Waals surface area contributed by atoms with E-state index < -0.39 is 0 Å². The van der Waals surface area contributed by atoms with Gasteiger partial charge in [0.25, 0.3) is 0 Å². The molecule has 0 amide bonds. The number of methoxy groups -OCH3 is 1. The Morgan fingerprint density at radius 3 is 2.58 bits per heavy atom. The molecule has 1 fully saturated rings. The SMILES string of the molecule is COC(=O)c1cc2nc(Nc3ccc(OC(C)C)cc3)n(C3CCCC(C)(C)C3)c2cc1C. The van der Waals surface area contributed by atoms with Crippen molar-refractivity contribution in [3.05, 3.63) is 47.5 Å². The topological polar surface area (TPSA) is 65.4 Å². The lowest BCUT2D eigenvalue weighted by Gasteiger charge is -2.36. The van der Waals surface area contributed by atoms with E-state index in [1.165, 1.54) is 20.0 Å². The molecule has 1 N–H and O–H groups in total. The molecule has 3 aromatic rings. The van der Waals surface area contributed by atoms with Crippen molar-refractivity contribution in [2.24, 2.45) is 5.41 Å². The van der Waals surface area contributed by atoms with Crippen LogP contribution < -0.4 is 10.1 Å². The predicted octanol–water partition coefficient (Wildman–Crippen LogP) is 6.80. The van der Waals surface area contributed by atoms with Gasteiger partial charge in [0, 0.05) is 11.7 Å². The number of ether oxygens (including phenoxy) is 2. The molecule has 0 spiro atoms. The number of fused-ring (bicyclic) bond motifs is 1. The normalized spacial score (nSPS) is 17.8. The minimum Gasteiger partial charge on any atom is -0.491 e.